The summed E-state index contributed by atoms with van der Waals surface area (Å²) in [6, 6.07) is 7.38. The highest BCUT2D eigenvalue weighted by molar-refractivity contribution is 6.33. The Balaban J connectivity index is 2.22. The van der Waals surface area contributed by atoms with Crippen molar-refractivity contribution in [3.8, 4) is 11.5 Å². The summed E-state index contributed by atoms with van der Waals surface area (Å²) in [6.45, 7) is 0. The number of rotatable bonds is 4. The van der Waals surface area contributed by atoms with Crippen molar-refractivity contribution in [2.24, 2.45) is 0 Å². The monoisotopic (exact) mass is 256 g/mol. The smallest absolute Gasteiger partial charge is 0.249 e. The highest BCUT2D eigenvalue weighted by Crippen LogP contribution is 2.26. The third-order valence-corrected chi connectivity index (χ3v) is 2.69. The second kappa shape index (κ2) is 5.32. The average Bonchev–Trinajstić information content (AvgIpc) is 2.75. The van der Waals surface area contributed by atoms with Crippen molar-refractivity contribution in [3.05, 3.63) is 35.2 Å². The molecule has 2 rings (SSSR count). The Morgan fingerprint density at radius 1 is 1.19 bits per heavy atom. The molecule has 0 aliphatic heterocycles. The van der Waals surface area contributed by atoms with Crippen molar-refractivity contribution in [1.82, 2.24) is 10.2 Å². The summed E-state index contributed by atoms with van der Waals surface area (Å²) in [6.07, 6.45) is 1.52. The lowest BCUT2D eigenvalue weighted by molar-refractivity contribution is 0.502. The van der Waals surface area contributed by atoms with E-state index in [2.05, 4.69) is 10.2 Å². The molecule has 0 N–H and O–H groups in total. The summed E-state index contributed by atoms with van der Waals surface area (Å²) in [5.74, 6) is 1.63. The van der Waals surface area contributed by atoms with Gasteiger partial charge in [-0.1, -0.05) is 23.7 Å². The normalized spacial score (nSPS) is 10.6. The number of aryl methyl sites for hydroxylation is 1. The molecule has 84 valence electrons. The van der Waals surface area contributed by atoms with Gasteiger partial charge in [0.05, 0.1) is 10.6 Å². The third-order valence-electron chi connectivity index (χ3n) is 2.10. The summed E-state index contributed by atoms with van der Waals surface area (Å²) < 4.78 is 5.49. The number of halogens is 2. The van der Waals surface area contributed by atoms with Crippen molar-refractivity contribution in [2.45, 2.75) is 12.8 Å². The Morgan fingerprint density at radius 3 is 2.75 bits per heavy atom. The van der Waals surface area contributed by atoms with Gasteiger partial charge in [0.25, 0.3) is 0 Å². The van der Waals surface area contributed by atoms with Gasteiger partial charge in [0, 0.05) is 12.3 Å². The third kappa shape index (κ3) is 2.54. The summed E-state index contributed by atoms with van der Waals surface area (Å²) in [7, 11) is 0. The van der Waals surface area contributed by atoms with Crippen LogP contribution in [0.5, 0.6) is 0 Å². The lowest BCUT2D eigenvalue weighted by atomic mass is 10.2. The molecule has 16 heavy (non-hydrogen) atoms. The zero-order chi connectivity index (χ0) is 11.4. The fraction of sp³-hybridized carbons (Fsp3) is 0.273. The Bertz CT molecular complexity index is 471. The van der Waals surface area contributed by atoms with Crippen molar-refractivity contribution >= 4 is 23.2 Å². The van der Waals surface area contributed by atoms with Gasteiger partial charge in [-0.2, -0.15) is 0 Å². The molecule has 0 bridgehead atoms. The quantitative estimate of drug-likeness (QED) is 0.786. The molecule has 0 radical (unpaired) electrons. The molecule has 0 saturated carbocycles. The molecule has 0 aliphatic carbocycles. The van der Waals surface area contributed by atoms with Crippen LogP contribution in [0.4, 0.5) is 0 Å². The van der Waals surface area contributed by atoms with Gasteiger partial charge in [0.15, 0.2) is 0 Å². The van der Waals surface area contributed by atoms with Crippen LogP contribution in [0.1, 0.15) is 12.3 Å². The maximum atomic E-state index is 6.02. The molecular formula is C11H10Cl2N2O. The second-order valence-electron chi connectivity index (χ2n) is 3.27. The van der Waals surface area contributed by atoms with Gasteiger partial charge >= 0.3 is 0 Å². The van der Waals surface area contributed by atoms with E-state index in [0.29, 0.717) is 29.1 Å². The summed E-state index contributed by atoms with van der Waals surface area (Å²) in [5.41, 5.74) is 0.758. The number of hydrogen-bond acceptors (Lipinski definition) is 3. The minimum absolute atomic E-state index is 0.454. The summed E-state index contributed by atoms with van der Waals surface area (Å²) in [5, 5.41) is 8.50. The summed E-state index contributed by atoms with van der Waals surface area (Å²) in [4.78, 5) is 0. The molecule has 5 heteroatoms. The van der Waals surface area contributed by atoms with Gasteiger partial charge in [0.1, 0.15) is 0 Å². The van der Waals surface area contributed by atoms with Crippen LogP contribution in [-0.2, 0) is 6.42 Å². The molecular weight excluding hydrogens is 247 g/mol. The first kappa shape index (κ1) is 11.4. The Morgan fingerprint density at radius 2 is 2.00 bits per heavy atom. The standard InChI is InChI=1S/C11H10Cl2N2O/c12-7-3-6-10-14-15-11(16-10)8-4-1-2-5-9(8)13/h1-2,4-5H,3,6-7H2. The van der Waals surface area contributed by atoms with Crippen LogP contribution in [0.3, 0.4) is 0 Å². The fourth-order valence-electron chi connectivity index (χ4n) is 1.32. The highest BCUT2D eigenvalue weighted by Gasteiger charge is 2.10. The number of nitrogens with zero attached hydrogens (tertiary/aromatic N) is 2. The largest absolute Gasteiger partial charge is 0.421 e. The highest BCUT2D eigenvalue weighted by atomic mass is 35.5. The van der Waals surface area contributed by atoms with Crippen LogP contribution < -0.4 is 0 Å². The average molecular weight is 257 g/mol. The molecule has 2 aromatic rings. The molecule has 0 saturated heterocycles. The van der Waals surface area contributed by atoms with Gasteiger partial charge in [-0.3, -0.25) is 0 Å². The van der Waals surface area contributed by atoms with Crippen molar-refractivity contribution in [1.29, 1.82) is 0 Å². The molecule has 0 amide bonds. The first-order chi connectivity index (χ1) is 7.81. The lowest BCUT2D eigenvalue weighted by Crippen LogP contribution is -1.85. The van der Waals surface area contributed by atoms with Crippen LogP contribution >= 0.6 is 23.2 Å². The molecule has 0 unspecified atom stereocenters. The molecule has 1 aromatic heterocycles. The Hall–Kier alpha value is -1.06. The van der Waals surface area contributed by atoms with E-state index in [1.165, 1.54) is 0 Å². The molecule has 1 aromatic carbocycles. The van der Waals surface area contributed by atoms with Crippen LogP contribution in [0.25, 0.3) is 11.5 Å². The maximum absolute atomic E-state index is 6.02. The topological polar surface area (TPSA) is 38.9 Å². The molecule has 0 aliphatic rings. The number of hydrogen-bond donors (Lipinski definition) is 0. The number of benzene rings is 1. The summed E-state index contributed by atoms with van der Waals surface area (Å²) >= 11 is 11.6. The van der Waals surface area contributed by atoms with Gasteiger partial charge in [0.2, 0.25) is 11.8 Å². The van der Waals surface area contributed by atoms with E-state index >= 15 is 0 Å². The molecule has 0 spiro atoms. The van der Waals surface area contributed by atoms with E-state index in [9.17, 15) is 0 Å². The van der Waals surface area contributed by atoms with E-state index in [0.717, 1.165) is 12.0 Å². The van der Waals surface area contributed by atoms with Crippen LogP contribution in [0.2, 0.25) is 5.02 Å². The van der Waals surface area contributed by atoms with Gasteiger partial charge in [-0.15, -0.1) is 21.8 Å². The molecule has 1 heterocycles. The van der Waals surface area contributed by atoms with Gasteiger partial charge in [-0.05, 0) is 18.6 Å². The second-order valence-corrected chi connectivity index (χ2v) is 4.06. The zero-order valence-electron chi connectivity index (χ0n) is 8.49. The van der Waals surface area contributed by atoms with E-state index in [1.807, 2.05) is 18.2 Å². The van der Waals surface area contributed by atoms with Crippen LogP contribution in [0.15, 0.2) is 28.7 Å². The first-order valence-electron chi connectivity index (χ1n) is 4.94. The molecule has 0 fully saturated rings. The lowest BCUT2D eigenvalue weighted by Gasteiger charge is -1.96. The first-order valence-corrected chi connectivity index (χ1v) is 5.86. The fourth-order valence-corrected chi connectivity index (χ4v) is 1.67. The minimum Gasteiger partial charge on any atom is -0.421 e. The van der Waals surface area contributed by atoms with E-state index in [1.54, 1.807) is 6.07 Å². The van der Waals surface area contributed by atoms with Gasteiger partial charge in [-0.25, -0.2) is 0 Å². The Labute approximate surface area is 103 Å². The van der Waals surface area contributed by atoms with E-state index in [-0.39, 0.29) is 0 Å². The molecule has 3 nitrogen and oxygen atoms in total. The van der Waals surface area contributed by atoms with Crippen molar-refractivity contribution in [2.75, 3.05) is 5.88 Å². The maximum Gasteiger partial charge on any atom is 0.249 e. The number of alkyl halides is 1. The van der Waals surface area contributed by atoms with Crippen LogP contribution in [0, 0.1) is 0 Å². The Kier molecular flexibility index (Phi) is 3.80. The molecule has 0 atom stereocenters. The SMILES string of the molecule is ClCCCc1nnc(-c2ccccc2Cl)o1. The predicted molar refractivity (Wildman–Crippen MR) is 63.8 cm³/mol. The van der Waals surface area contributed by atoms with Crippen LogP contribution in [-0.4, -0.2) is 16.1 Å². The van der Waals surface area contributed by atoms with E-state index < -0.39 is 0 Å². The van der Waals surface area contributed by atoms with Gasteiger partial charge < -0.3 is 4.42 Å². The van der Waals surface area contributed by atoms with E-state index in [4.69, 9.17) is 27.6 Å². The zero-order valence-corrected chi connectivity index (χ0v) is 10.0. The van der Waals surface area contributed by atoms with Crippen molar-refractivity contribution in [3.63, 3.8) is 0 Å². The van der Waals surface area contributed by atoms with Crippen molar-refractivity contribution < 1.29 is 4.42 Å². The number of aromatic nitrogens is 2. The minimum atomic E-state index is 0.454. The predicted octanol–water partition coefficient (Wildman–Crippen LogP) is 3.56.